The fourth-order valence-corrected chi connectivity index (χ4v) is 2.74. The van der Waals surface area contributed by atoms with Crippen molar-refractivity contribution in [2.45, 2.75) is 25.9 Å². The number of carboxylic acids is 1. The van der Waals surface area contributed by atoms with Gasteiger partial charge in [-0.25, -0.2) is 4.79 Å². The first-order valence-corrected chi connectivity index (χ1v) is 7.06. The second-order valence-electron chi connectivity index (χ2n) is 5.75. The van der Waals surface area contributed by atoms with E-state index in [0.717, 1.165) is 13.1 Å². The van der Waals surface area contributed by atoms with Crippen LogP contribution in [0.2, 0.25) is 0 Å². The molecule has 1 aromatic carbocycles. The van der Waals surface area contributed by atoms with Crippen LogP contribution in [0.25, 0.3) is 11.1 Å². The zero-order valence-electron chi connectivity index (χ0n) is 12.4. The molecule has 2 atom stereocenters. The standard InChI is InChI=1S/C15H19N3O3/c1-9-7-18(8-10(2)17(9)3)15-16-12-5-4-11(14(19)20)6-13(12)21-15/h4-6,9-10H,7-8H2,1-3H3,(H,19,20). The summed E-state index contributed by atoms with van der Waals surface area (Å²) in [6.45, 7) is 6.04. The Labute approximate surface area is 123 Å². The quantitative estimate of drug-likeness (QED) is 0.912. The van der Waals surface area contributed by atoms with Crippen LogP contribution in [0.1, 0.15) is 24.2 Å². The lowest BCUT2D eigenvalue weighted by Crippen LogP contribution is -2.55. The first-order valence-electron chi connectivity index (χ1n) is 7.06. The van der Waals surface area contributed by atoms with Crippen LogP contribution >= 0.6 is 0 Å². The molecule has 1 aliphatic rings. The summed E-state index contributed by atoms with van der Waals surface area (Å²) in [6, 6.07) is 6.16. The number of likely N-dealkylation sites (N-methyl/N-ethyl adjacent to an activating group) is 1. The minimum Gasteiger partial charge on any atom is -0.478 e. The molecule has 1 aliphatic heterocycles. The van der Waals surface area contributed by atoms with Crippen LogP contribution < -0.4 is 4.90 Å². The number of nitrogens with zero attached hydrogens (tertiary/aromatic N) is 3. The molecule has 0 amide bonds. The highest BCUT2D eigenvalue weighted by Crippen LogP contribution is 2.26. The Bertz CT molecular complexity index is 670. The molecule has 0 bridgehead atoms. The third kappa shape index (κ3) is 2.47. The molecule has 112 valence electrons. The van der Waals surface area contributed by atoms with E-state index in [-0.39, 0.29) is 5.56 Å². The van der Waals surface area contributed by atoms with Crippen molar-refractivity contribution in [1.29, 1.82) is 0 Å². The van der Waals surface area contributed by atoms with Gasteiger partial charge in [0.1, 0.15) is 5.52 Å². The van der Waals surface area contributed by atoms with Crippen LogP contribution in [0, 0.1) is 0 Å². The fourth-order valence-electron chi connectivity index (χ4n) is 2.74. The lowest BCUT2D eigenvalue weighted by atomic mass is 10.1. The van der Waals surface area contributed by atoms with Crippen molar-refractivity contribution in [2.24, 2.45) is 0 Å². The number of carboxylic acid groups (broad SMARTS) is 1. The first-order chi connectivity index (χ1) is 9.95. The van der Waals surface area contributed by atoms with E-state index >= 15 is 0 Å². The van der Waals surface area contributed by atoms with E-state index in [2.05, 4.69) is 35.7 Å². The number of hydrogen-bond donors (Lipinski definition) is 1. The maximum atomic E-state index is 11.0. The summed E-state index contributed by atoms with van der Waals surface area (Å²) < 4.78 is 5.76. The SMILES string of the molecule is CC1CN(c2nc3ccc(C(=O)O)cc3o2)CC(C)N1C. The van der Waals surface area contributed by atoms with Gasteiger partial charge in [0.25, 0.3) is 6.01 Å². The number of rotatable bonds is 2. The molecule has 0 saturated carbocycles. The number of anilines is 1. The van der Waals surface area contributed by atoms with E-state index < -0.39 is 5.97 Å². The molecule has 0 radical (unpaired) electrons. The molecule has 0 aliphatic carbocycles. The number of carbonyl (C=O) groups is 1. The van der Waals surface area contributed by atoms with Crippen molar-refractivity contribution in [2.75, 3.05) is 25.0 Å². The van der Waals surface area contributed by atoms with E-state index in [1.807, 2.05) is 0 Å². The number of hydrogen-bond acceptors (Lipinski definition) is 5. The molecule has 1 aromatic heterocycles. The van der Waals surface area contributed by atoms with Gasteiger partial charge in [-0.2, -0.15) is 4.98 Å². The summed E-state index contributed by atoms with van der Waals surface area (Å²) in [5.74, 6) is -0.961. The molecule has 2 heterocycles. The summed E-state index contributed by atoms with van der Waals surface area (Å²) in [7, 11) is 2.12. The van der Waals surface area contributed by atoms with Gasteiger partial charge < -0.3 is 14.4 Å². The zero-order chi connectivity index (χ0) is 15.1. The van der Waals surface area contributed by atoms with Crippen LogP contribution in [-0.4, -0.2) is 53.2 Å². The maximum Gasteiger partial charge on any atom is 0.335 e. The molecule has 1 fully saturated rings. The maximum absolute atomic E-state index is 11.0. The molecule has 2 unspecified atom stereocenters. The molecule has 1 N–H and O–H groups in total. The Morgan fingerprint density at radius 2 is 2.00 bits per heavy atom. The highest BCUT2D eigenvalue weighted by Gasteiger charge is 2.29. The lowest BCUT2D eigenvalue weighted by molar-refractivity contribution is 0.0697. The molecule has 3 rings (SSSR count). The molecular weight excluding hydrogens is 270 g/mol. The van der Waals surface area contributed by atoms with Gasteiger partial charge in [-0.1, -0.05) is 0 Å². The van der Waals surface area contributed by atoms with Crippen molar-refractivity contribution >= 4 is 23.1 Å². The summed E-state index contributed by atoms with van der Waals surface area (Å²) in [6.07, 6.45) is 0. The van der Waals surface area contributed by atoms with Gasteiger partial charge in [0.05, 0.1) is 5.56 Å². The van der Waals surface area contributed by atoms with E-state index in [4.69, 9.17) is 9.52 Å². The largest absolute Gasteiger partial charge is 0.478 e. The summed E-state index contributed by atoms with van der Waals surface area (Å²) in [5.41, 5.74) is 1.42. The molecule has 6 nitrogen and oxygen atoms in total. The Hall–Kier alpha value is -2.08. The van der Waals surface area contributed by atoms with Gasteiger partial charge in [0, 0.05) is 25.2 Å². The van der Waals surface area contributed by atoms with E-state index in [1.54, 1.807) is 12.1 Å². The van der Waals surface area contributed by atoms with E-state index in [0.29, 0.717) is 29.2 Å². The summed E-state index contributed by atoms with van der Waals surface area (Å²) in [4.78, 5) is 19.9. The van der Waals surface area contributed by atoms with Crippen LogP contribution in [0.3, 0.4) is 0 Å². The third-order valence-electron chi connectivity index (χ3n) is 4.25. The molecule has 0 spiro atoms. The van der Waals surface area contributed by atoms with Gasteiger partial charge in [-0.3, -0.25) is 4.90 Å². The van der Waals surface area contributed by atoms with Crippen LogP contribution in [-0.2, 0) is 0 Å². The number of aromatic nitrogens is 1. The van der Waals surface area contributed by atoms with Crippen LogP contribution in [0.5, 0.6) is 0 Å². The number of piperazine rings is 1. The first kappa shape index (κ1) is 13.9. The number of oxazole rings is 1. The minimum atomic E-state index is -0.961. The Kier molecular flexibility index (Phi) is 3.33. The van der Waals surface area contributed by atoms with Crippen LogP contribution in [0.4, 0.5) is 6.01 Å². The minimum absolute atomic E-state index is 0.213. The van der Waals surface area contributed by atoms with E-state index in [9.17, 15) is 4.79 Å². The Morgan fingerprint density at radius 1 is 1.33 bits per heavy atom. The second-order valence-corrected chi connectivity index (χ2v) is 5.75. The molecule has 6 heteroatoms. The molecule has 21 heavy (non-hydrogen) atoms. The van der Waals surface area contributed by atoms with Crippen molar-refractivity contribution in [3.8, 4) is 0 Å². The van der Waals surface area contributed by atoms with Crippen molar-refractivity contribution < 1.29 is 14.3 Å². The average molecular weight is 289 g/mol. The topological polar surface area (TPSA) is 69.8 Å². The smallest absolute Gasteiger partial charge is 0.335 e. The molecular formula is C15H19N3O3. The highest BCUT2D eigenvalue weighted by molar-refractivity contribution is 5.92. The number of aromatic carboxylic acids is 1. The Morgan fingerprint density at radius 3 is 2.62 bits per heavy atom. The predicted octanol–water partition coefficient (Wildman–Crippen LogP) is 2.05. The average Bonchev–Trinajstić information content (AvgIpc) is 2.86. The third-order valence-corrected chi connectivity index (χ3v) is 4.25. The number of benzene rings is 1. The summed E-state index contributed by atoms with van der Waals surface area (Å²) >= 11 is 0. The number of fused-ring (bicyclic) bond motifs is 1. The summed E-state index contributed by atoms with van der Waals surface area (Å²) in [5, 5.41) is 9.02. The van der Waals surface area contributed by atoms with Crippen molar-refractivity contribution in [3.05, 3.63) is 23.8 Å². The fraction of sp³-hybridized carbons (Fsp3) is 0.467. The van der Waals surface area contributed by atoms with Crippen LogP contribution in [0.15, 0.2) is 22.6 Å². The van der Waals surface area contributed by atoms with Crippen molar-refractivity contribution in [1.82, 2.24) is 9.88 Å². The lowest BCUT2D eigenvalue weighted by Gasteiger charge is -2.41. The zero-order valence-corrected chi connectivity index (χ0v) is 12.4. The Balaban J connectivity index is 1.92. The highest BCUT2D eigenvalue weighted by atomic mass is 16.4. The van der Waals surface area contributed by atoms with Gasteiger partial charge in [-0.15, -0.1) is 0 Å². The molecule has 1 saturated heterocycles. The van der Waals surface area contributed by atoms with Gasteiger partial charge in [-0.05, 0) is 39.1 Å². The normalized spacial score (nSPS) is 23.7. The van der Waals surface area contributed by atoms with Gasteiger partial charge >= 0.3 is 5.97 Å². The second kappa shape index (κ2) is 5.04. The molecule has 2 aromatic rings. The van der Waals surface area contributed by atoms with Gasteiger partial charge in [0.2, 0.25) is 0 Å². The van der Waals surface area contributed by atoms with Gasteiger partial charge in [0.15, 0.2) is 5.58 Å². The van der Waals surface area contributed by atoms with Crippen molar-refractivity contribution in [3.63, 3.8) is 0 Å². The monoisotopic (exact) mass is 289 g/mol. The van der Waals surface area contributed by atoms with E-state index in [1.165, 1.54) is 6.07 Å². The predicted molar refractivity (Wildman–Crippen MR) is 79.9 cm³/mol.